The van der Waals surface area contributed by atoms with Crippen molar-refractivity contribution >= 4 is 37.0 Å². The number of pyridine rings is 2. The molecule has 0 spiro atoms. The molecule has 3 atom stereocenters. The smallest absolute Gasteiger partial charge is 0.408 e. The fourth-order valence-electron chi connectivity index (χ4n) is 6.66. The molecule has 3 unspecified atom stereocenters. The number of aryl methyl sites for hydroxylation is 1. The molecule has 3 aromatic rings. The number of amides is 1. The number of aromatic nitrogens is 4. The van der Waals surface area contributed by atoms with Crippen molar-refractivity contribution in [1.82, 2.24) is 30.2 Å². The van der Waals surface area contributed by atoms with Crippen LogP contribution >= 0.6 is 11.6 Å². The number of piperazine rings is 1. The molecule has 10 nitrogen and oxygen atoms in total. The maximum absolute atomic E-state index is 15.1. The van der Waals surface area contributed by atoms with Crippen molar-refractivity contribution in [3.63, 3.8) is 0 Å². The van der Waals surface area contributed by atoms with E-state index in [2.05, 4.69) is 54.1 Å². The van der Waals surface area contributed by atoms with Gasteiger partial charge in [-0.3, -0.25) is 14.9 Å². The first-order chi connectivity index (χ1) is 21.3. The molecule has 0 aromatic carbocycles. The Morgan fingerprint density at radius 3 is 2.57 bits per heavy atom. The molecule has 4 rings (SSSR count). The van der Waals surface area contributed by atoms with Gasteiger partial charge in [0.15, 0.2) is 19.3 Å². The summed E-state index contributed by atoms with van der Waals surface area (Å²) in [6, 6.07) is 2.80. The highest BCUT2D eigenvalue weighted by Gasteiger charge is 2.61. The summed E-state index contributed by atoms with van der Waals surface area (Å²) in [7, 11) is -1.99. The number of nitrogens with one attached hydrogen (secondary N) is 2. The zero-order valence-electron chi connectivity index (χ0n) is 28.6. The number of hydrogen-bond acceptors (Lipinski definition) is 7. The number of aromatic amines is 1. The first-order valence-electron chi connectivity index (χ1n) is 15.9. The van der Waals surface area contributed by atoms with Gasteiger partial charge < -0.3 is 14.8 Å². The average molecular weight is 675 g/mol. The molecule has 46 heavy (non-hydrogen) atoms. The number of fused-ring (bicyclic) bond motifs is 1. The van der Waals surface area contributed by atoms with Crippen molar-refractivity contribution in [2.24, 2.45) is 0 Å². The van der Waals surface area contributed by atoms with Crippen molar-refractivity contribution in [1.29, 1.82) is 0 Å². The van der Waals surface area contributed by atoms with Gasteiger partial charge in [-0.25, -0.2) is 19.0 Å². The van der Waals surface area contributed by atoms with Crippen LogP contribution in [0.3, 0.4) is 0 Å². The van der Waals surface area contributed by atoms with Crippen LogP contribution in [0.4, 0.5) is 9.18 Å². The molecule has 0 bridgehead atoms. The molecule has 0 radical (unpaired) electrons. The minimum Gasteiger partial charge on any atom is -0.465 e. The lowest BCUT2D eigenvalue weighted by atomic mass is 9.63. The van der Waals surface area contributed by atoms with E-state index in [1.54, 1.807) is 13.1 Å². The van der Waals surface area contributed by atoms with Crippen LogP contribution in [0.1, 0.15) is 96.2 Å². The van der Waals surface area contributed by atoms with Gasteiger partial charge in [0, 0.05) is 36.5 Å². The molecule has 4 heterocycles. The summed E-state index contributed by atoms with van der Waals surface area (Å²) in [5, 5.41) is 14.5. The second kappa shape index (κ2) is 12.9. The predicted octanol–water partition coefficient (Wildman–Crippen LogP) is 7.21. The molecular weight excluding hydrogens is 627 g/mol. The minimum absolute atomic E-state index is 0.0166. The number of unbranched alkanes of at least 4 members (excludes halogenated alkanes) is 1. The standard InChI is InChI=1S/C33H48ClFN6O4Si/c1-19(2)25-24(20(3)13-15-36-25)33(14-11-12-16-45-46(9,10)31(5,6)7)32(8,41(30(43)44)18-21(4)40-33)26-22-17-23(35)27(34)38-28(22)39-29(42)37-26/h13,15,17,19,21,40H,11-12,14,16,18H2,1-10H3,(H,43,44)(H,37,38,39,42). The topological polar surface area (TPSA) is 133 Å². The molecule has 1 amide bonds. The van der Waals surface area contributed by atoms with Crippen molar-refractivity contribution in [3.8, 4) is 0 Å². The molecular formula is C33H48ClFN6O4Si. The molecule has 3 aromatic heterocycles. The quantitative estimate of drug-likeness (QED) is 0.123. The zero-order valence-corrected chi connectivity index (χ0v) is 30.4. The molecule has 1 aliphatic heterocycles. The Hall–Kier alpha value is -2.93. The second-order valence-electron chi connectivity index (χ2n) is 14.6. The van der Waals surface area contributed by atoms with Crippen molar-refractivity contribution in [3.05, 3.63) is 62.3 Å². The molecule has 252 valence electrons. The third-order valence-corrected chi connectivity index (χ3v) is 14.8. The average Bonchev–Trinajstić information content (AvgIpc) is 2.94. The third-order valence-electron chi connectivity index (χ3n) is 10.0. The van der Waals surface area contributed by atoms with E-state index in [0.717, 1.165) is 23.2 Å². The van der Waals surface area contributed by atoms with Gasteiger partial charge in [0.25, 0.3) is 0 Å². The van der Waals surface area contributed by atoms with E-state index >= 15 is 4.39 Å². The van der Waals surface area contributed by atoms with E-state index in [4.69, 9.17) is 21.0 Å². The Labute approximate surface area is 276 Å². The van der Waals surface area contributed by atoms with E-state index in [-0.39, 0.29) is 40.3 Å². The van der Waals surface area contributed by atoms with E-state index in [1.165, 1.54) is 11.0 Å². The molecule has 0 aliphatic carbocycles. The predicted molar refractivity (Wildman–Crippen MR) is 182 cm³/mol. The van der Waals surface area contributed by atoms with Crippen molar-refractivity contribution in [2.45, 2.75) is 116 Å². The Morgan fingerprint density at radius 1 is 1.28 bits per heavy atom. The fraction of sp³-hybridized carbons (Fsp3) is 0.606. The first-order valence-corrected chi connectivity index (χ1v) is 19.2. The maximum atomic E-state index is 15.1. The monoisotopic (exact) mass is 674 g/mol. The number of H-pyrrole nitrogens is 1. The van der Waals surface area contributed by atoms with Gasteiger partial charge in [-0.1, -0.05) is 46.2 Å². The molecule has 1 fully saturated rings. The fourth-order valence-corrected chi connectivity index (χ4v) is 7.89. The lowest BCUT2D eigenvalue weighted by molar-refractivity contribution is -0.0446. The Bertz CT molecular complexity index is 1680. The van der Waals surface area contributed by atoms with Crippen LogP contribution in [-0.4, -0.2) is 63.5 Å². The summed E-state index contributed by atoms with van der Waals surface area (Å²) in [6.45, 7) is 21.5. The summed E-state index contributed by atoms with van der Waals surface area (Å²) in [6.07, 6.45) is 2.40. The summed E-state index contributed by atoms with van der Waals surface area (Å²) in [5.41, 5.74) is -0.756. The van der Waals surface area contributed by atoms with E-state index < -0.39 is 42.1 Å². The lowest BCUT2D eigenvalue weighted by Crippen LogP contribution is -2.74. The summed E-state index contributed by atoms with van der Waals surface area (Å²) >= 11 is 6.03. The van der Waals surface area contributed by atoms with Crippen LogP contribution < -0.4 is 11.0 Å². The highest BCUT2D eigenvalue weighted by atomic mass is 35.5. The molecule has 13 heteroatoms. The normalized spacial score (nSPS) is 22.5. The maximum Gasteiger partial charge on any atom is 0.408 e. The summed E-state index contributed by atoms with van der Waals surface area (Å²) < 4.78 is 21.6. The summed E-state index contributed by atoms with van der Waals surface area (Å²) in [4.78, 5) is 43.6. The molecule has 1 aliphatic rings. The van der Waals surface area contributed by atoms with E-state index in [1.807, 2.05) is 33.8 Å². The number of nitrogens with zero attached hydrogens (tertiary/aromatic N) is 4. The Balaban J connectivity index is 2.03. The minimum atomic E-state index is -1.99. The van der Waals surface area contributed by atoms with Crippen LogP contribution in [0.5, 0.6) is 0 Å². The van der Waals surface area contributed by atoms with Gasteiger partial charge in [0.2, 0.25) is 0 Å². The van der Waals surface area contributed by atoms with Gasteiger partial charge >= 0.3 is 11.8 Å². The Kier molecular flexibility index (Phi) is 10.1. The van der Waals surface area contributed by atoms with Crippen LogP contribution in [0.15, 0.2) is 23.1 Å². The molecule has 1 saturated heterocycles. The van der Waals surface area contributed by atoms with Gasteiger partial charge in [0.1, 0.15) is 11.2 Å². The van der Waals surface area contributed by atoms with Crippen LogP contribution in [-0.2, 0) is 15.5 Å². The number of rotatable bonds is 9. The van der Waals surface area contributed by atoms with Crippen LogP contribution in [0.2, 0.25) is 23.3 Å². The van der Waals surface area contributed by atoms with Gasteiger partial charge in [0.05, 0.1) is 11.2 Å². The third kappa shape index (κ3) is 6.33. The van der Waals surface area contributed by atoms with Gasteiger partial charge in [-0.05, 0) is 87.3 Å². The van der Waals surface area contributed by atoms with Gasteiger partial charge in [-0.15, -0.1) is 0 Å². The number of hydrogen-bond donors (Lipinski definition) is 3. The summed E-state index contributed by atoms with van der Waals surface area (Å²) in [5.74, 6) is -0.822. The van der Waals surface area contributed by atoms with E-state index in [0.29, 0.717) is 19.4 Å². The SMILES string of the molecule is Cc1ccnc(C(C)C)c1C1(CCCCO[Si](C)(C)C(C)(C)C)NC(C)CN(C(=O)O)C1(C)c1nc(=O)[nH]c2nc(Cl)c(F)cc12. The largest absolute Gasteiger partial charge is 0.465 e. The van der Waals surface area contributed by atoms with E-state index in [9.17, 15) is 14.7 Å². The Morgan fingerprint density at radius 2 is 1.96 bits per heavy atom. The highest BCUT2D eigenvalue weighted by Crippen LogP contribution is 2.53. The lowest BCUT2D eigenvalue weighted by Gasteiger charge is -2.59. The van der Waals surface area contributed by atoms with Gasteiger partial charge in [-0.2, -0.15) is 4.98 Å². The number of halogens is 2. The first kappa shape index (κ1) is 35.9. The zero-order chi connectivity index (χ0) is 34.4. The van der Waals surface area contributed by atoms with Crippen molar-refractivity contribution < 1.29 is 18.7 Å². The van der Waals surface area contributed by atoms with Crippen LogP contribution in [0.25, 0.3) is 11.0 Å². The number of carboxylic acid groups (broad SMARTS) is 1. The second-order valence-corrected chi connectivity index (χ2v) is 19.7. The highest BCUT2D eigenvalue weighted by molar-refractivity contribution is 6.74. The molecule has 3 N–H and O–H groups in total. The van der Waals surface area contributed by atoms with Crippen LogP contribution in [0, 0.1) is 12.7 Å². The molecule has 0 saturated carbocycles. The van der Waals surface area contributed by atoms with Crippen molar-refractivity contribution in [2.75, 3.05) is 13.2 Å². The number of carbonyl (C=O) groups is 1.